The Morgan fingerprint density at radius 3 is 1.79 bits per heavy atom. The van der Waals surface area contributed by atoms with Gasteiger partial charge in [-0.25, -0.2) is 0 Å². The summed E-state index contributed by atoms with van der Waals surface area (Å²) in [6.45, 7) is 5.23. The maximum Gasteiger partial charge on any atom is -0.0272 e. The second-order valence-electron chi connectivity index (χ2n) is 7.37. The Labute approximate surface area is 87.5 Å². The molecule has 4 saturated carbocycles. The van der Waals surface area contributed by atoms with Crippen LogP contribution < -0.4 is 0 Å². The van der Waals surface area contributed by atoms with Gasteiger partial charge in [-0.05, 0) is 73.0 Å². The molecule has 4 fully saturated rings. The van der Waals surface area contributed by atoms with E-state index in [1.807, 2.05) is 0 Å². The van der Waals surface area contributed by atoms with Gasteiger partial charge in [0.25, 0.3) is 0 Å². The van der Waals surface area contributed by atoms with E-state index in [1.54, 1.807) is 38.5 Å². The molecule has 0 aromatic heterocycles. The maximum atomic E-state index is 2.61. The lowest BCUT2D eigenvalue weighted by molar-refractivity contribution is 0.0375. The number of hydrogen-bond donors (Lipinski definition) is 0. The second-order valence-corrected chi connectivity index (χ2v) is 7.37. The Morgan fingerprint density at radius 2 is 1.36 bits per heavy atom. The fourth-order valence-corrected chi connectivity index (χ4v) is 6.56. The molecule has 4 unspecified atom stereocenters. The molecule has 0 aromatic carbocycles. The molecule has 0 heterocycles. The van der Waals surface area contributed by atoms with Crippen LogP contribution in [0.15, 0.2) is 0 Å². The predicted octanol–water partition coefficient (Wildman–Crippen LogP) is 3.86. The molecule has 0 amide bonds. The van der Waals surface area contributed by atoms with Gasteiger partial charge < -0.3 is 0 Å². The molecule has 14 heavy (non-hydrogen) atoms. The lowest BCUT2D eigenvalue weighted by Crippen LogP contribution is -2.38. The van der Waals surface area contributed by atoms with E-state index in [1.165, 1.54) is 5.92 Å². The molecule has 0 heteroatoms. The monoisotopic (exact) mass is 190 g/mol. The van der Waals surface area contributed by atoms with Crippen LogP contribution >= 0.6 is 0 Å². The standard InChI is InChI=1S/C14H22/c1-13-5-3-9(7-13)11-10-4-6-14(2,8-10)12(11)13/h9-12H,3-8H2,1-2H3. The summed E-state index contributed by atoms with van der Waals surface area (Å²) in [6, 6.07) is 0. The number of fused-ring (bicyclic) bond motifs is 9. The van der Waals surface area contributed by atoms with E-state index in [4.69, 9.17) is 0 Å². The maximum absolute atomic E-state index is 2.61. The third-order valence-electron chi connectivity index (χ3n) is 6.60. The van der Waals surface area contributed by atoms with Crippen molar-refractivity contribution in [1.82, 2.24) is 0 Å². The molecule has 0 aromatic rings. The van der Waals surface area contributed by atoms with Crippen LogP contribution in [0.25, 0.3) is 0 Å². The Kier molecular flexibility index (Phi) is 1.22. The Bertz CT molecular complexity index is 266. The minimum atomic E-state index is 0.777. The van der Waals surface area contributed by atoms with E-state index >= 15 is 0 Å². The molecule has 0 nitrogen and oxygen atoms in total. The van der Waals surface area contributed by atoms with E-state index in [-0.39, 0.29) is 0 Å². The minimum Gasteiger partial charge on any atom is -0.0593 e. The van der Waals surface area contributed by atoms with Crippen molar-refractivity contribution < 1.29 is 0 Å². The molecule has 0 spiro atoms. The van der Waals surface area contributed by atoms with Crippen molar-refractivity contribution in [2.75, 3.05) is 0 Å². The largest absolute Gasteiger partial charge is 0.0593 e. The van der Waals surface area contributed by atoms with E-state index in [9.17, 15) is 0 Å². The molecule has 0 N–H and O–H groups in total. The Morgan fingerprint density at radius 1 is 0.857 bits per heavy atom. The SMILES string of the molecule is CC12CCC(C1)C1C3CCC(C)(C3)C12. The first-order valence-electron chi connectivity index (χ1n) is 6.62. The molecule has 4 atom stereocenters. The first-order valence-corrected chi connectivity index (χ1v) is 6.62. The van der Waals surface area contributed by atoms with Crippen molar-refractivity contribution in [3.05, 3.63) is 0 Å². The fourth-order valence-electron chi connectivity index (χ4n) is 6.56. The van der Waals surface area contributed by atoms with Gasteiger partial charge in [0.05, 0.1) is 0 Å². The summed E-state index contributed by atoms with van der Waals surface area (Å²) in [7, 11) is 0. The summed E-state index contributed by atoms with van der Waals surface area (Å²) in [5.74, 6) is 4.61. The van der Waals surface area contributed by atoms with Gasteiger partial charge in [0, 0.05) is 0 Å². The highest BCUT2D eigenvalue weighted by Crippen LogP contribution is 2.76. The van der Waals surface area contributed by atoms with Crippen LogP contribution in [0.3, 0.4) is 0 Å². The average Bonchev–Trinajstić information content (AvgIpc) is 2.78. The normalized spacial score (nSPS) is 69.0. The highest BCUT2D eigenvalue weighted by molar-refractivity contribution is 5.17. The highest BCUT2D eigenvalue weighted by atomic mass is 14.7. The van der Waals surface area contributed by atoms with Gasteiger partial charge in [-0.1, -0.05) is 13.8 Å². The predicted molar refractivity (Wildman–Crippen MR) is 57.9 cm³/mol. The van der Waals surface area contributed by atoms with Gasteiger partial charge in [-0.3, -0.25) is 0 Å². The topological polar surface area (TPSA) is 0 Å². The van der Waals surface area contributed by atoms with Gasteiger partial charge in [0.2, 0.25) is 0 Å². The van der Waals surface area contributed by atoms with Crippen molar-refractivity contribution in [2.24, 2.45) is 34.5 Å². The van der Waals surface area contributed by atoms with Crippen LogP contribution in [0.2, 0.25) is 0 Å². The Hall–Kier alpha value is 0. The minimum absolute atomic E-state index is 0.777. The highest BCUT2D eigenvalue weighted by Gasteiger charge is 2.68. The Balaban J connectivity index is 1.84. The molecule has 0 saturated heterocycles. The van der Waals surface area contributed by atoms with Crippen molar-refractivity contribution >= 4 is 0 Å². The number of hydrogen-bond acceptors (Lipinski definition) is 0. The molecular formula is C14H22. The summed E-state index contributed by atoms with van der Waals surface area (Å²) in [5, 5.41) is 0. The van der Waals surface area contributed by atoms with Crippen LogP contribution in [0, 0.1) is 34.5 Å². The molecule has 4 aliphatic carbocycles. The van der Waals surface area contributed by atoms with Gasteiger partial charge in [-0.2, -0.15) is 0 Å². The second kappa shape index (κ2) is 2.08. The van der Waals surface area contributed by atoms with Gasteiger partial charge in [0.1, 0.15) is 0 Å². The van der Waals surface area contributed by atoms with Crippen molar-refractivity contribution in [1.29, 1.82) is 0 Å². The molecule has 4 rings (SSSR count). The quantitative estimate of drug-likeness (QED) is 0.509. The van der Waals surface area contributed by atoms with Crippen molar-refractivity contribution in [3.8, 4) is 0 Å². The van der Waals surface area contributed by atoms with Crippen molar-refractivity contribution in [3.63, 3.8) is 0 Å². The zero-order valence-corrected chi connectivity index (χ0v) is 9.55. The third kappa shape index (κ3) is 0.686. The summed E-state index contributed by atoms with van der Waals surface area (Å²) < 4.78 is 0. The van der Waals surface area contributed by atoms with E-state index in [0.717, 1.165) is 28.6 Å². The van der Waals surface area contributed by atoms with Gasteiger partial charge >= 0.3 is 0 Å². The zero-order valence-electron chi connectivity index (χ0n) is 9.55. The van der Waals surface area contributed by atoms with Gasteiger partial charge in [-0.15, -0.1) is 0 Å². The summed E-state index contributed by atoms with van der Waals surface area (Å²) >= 11 is 0. The van der Waals surface area contributed by atoms with E-state index < -0.39 is 0 Å². The molecule has 0 aliphatic heterocycles. The lowest BCUT2D eigenvalue weighted by Gasteiger charge is -2.45. The molecular weight excluding hydrogens is 168 g/mol. The zero-order chi connectivity index (χ0) is 9.55. The van der Waals surface area contributed by atoms with Crippen LogP contribution in [0.5, 0.6) is 0 Å². The van der Waals surface area contributed by atoms with Gasteiger partial charge in [0.15, 0.2) is 0 Å². The molecule has 0 radical (unpaired) electrons. The van der Waals surface area contributed by atoms with E-state index in [2.05, 4.69) is 13.8 Å². The molecule has 78 valence electrons. The summed E-state index contributed by atoms with van der Waals surface area (Å²) in [5.41, 5.74) is 1.55. The molecule has 4 bridgehead atoms. The van der Waals surface area contributed by atoms with E-state index in [0.29, 0.717) is 0 Å². The fraction of sp³-hybridized carbons (Fsp3) is 1.00. The first-order chi connectivity index (χ1) is 6.62. The summed E-state index contributed by atoms with van der Waals surface area (Å²) in [4.78, 5) is 0. The molecule has 4 aliphatic rings. The first kappa shape index (κ1) is 8.19. The van der Waals surface area contributed by atoms with Crippen molar-refractivity contribution in [2.45, 2.75) is 52.4 Å². The lowest BCUT2D eigenvalue weighted by atomic mass is 9.60. The smallest absolute Gasteiger partial charge is 0.0272 e. The third-order valence-corrected chi connectivity index (χ3v) is 6.60. The van der Waals surface area contributed by atoms with Crippen LogP contribution in [-0.4, -0.2) is 0 Å². The number of rotatable bonds is 0. The van der Waals surface area contributed by atoms with Crippen LogP contribution in [0.4, 0.5) is 0 Å². The van der Waals surface area contributed by atoms with Crippen LogP contribution in [-0.2, 0) is 0 Å². The summed E-state index contributed by atoms with van der Waals surface area (Å²) in [6.07, 6.45) is 9.44. The average molecular weight is 190 g/mol. The van der Waals surface area contributed by atoms with Crippen LogP contribution in [0.1, 0.15) is 52.4 Å².